The molecule has 0 aliphatic carbocycles. The van der Waals surface area contributed by atoms with Crippen LogP contribution in [-0.2, 0) is 0 Å². The molecule has 2 aromatic heterocycles. The fraction of sp³-hybridized carbons (Fsp3) is 0.0556. The number of benzene rings is 2. The molecule has 0 bridgehead atoms. The molecule has 0 aliphatic rings. The molecular formula is C18H15N5OS. The van der Waals surface area contributed by atoms with Crippen molar-refractivity contribution in [1.82, 2.24) is 19.7 Å². The number of nitrogens with two attached hydrogens (primary N) is 1. The molecule has 2 heterocycles. The van der Waals surface area contributed by atoms with E-state index in [9.17, 15) is 4.79 Å². The molecular weight excluding hydrogens is 334 g/mol. The molecule has 25 heavy (non-hydrogen) atoms. The van der Waals surface area contributed by atoms with Crippen molar-refractivity contribution in [1.29, 1.82) is 0 Å². The minimum atomic E-state index is -0.239. The first-order chi connectivity index (χ1) is 12.2. The van der Waals surface area contributed by atoms with Crippen LogP contribution in [0.25, 0.3) is 28.1 Å². The first-order valence-corrected chi connectivity index (χ1v) is 8.88. The van der Waals surface area contributed by atoms with Gasteiger partial charge < -0.3 is 5.73 Å². The fourth-order valence-corrected chi connectivity index (χ4v) is 3.40. The molecule has 124 valence electrons. The average Bonchev–Trinajstić information content (AvgIpc) is 3.03. The lowest BCUT2D eigenvalue weighted by atomic mass is 10.2. The van der Waals surface area contributed by atoms with Gasteiger partial charge in [0.25, 0.3) is 5.56 Å². The SMILES string of the molecule is CSc1ccccc1-n1c(-c2ccccc2)nc2n[nH]c(N)c2c1=O. The normalized spacial score (nSPS) is 11.1. The largest absolute Gasteiger partial charge is 0.383 e. The summed E-state index contributed by atoms with van der Waals surface area (Å²) in [6, 6.07) is 17.3. The van der Waals surface area contributed by atoms with Crippen LogP contribution >= 0.6 is 11.8 Å². The average molecular weight is 349 g/mol. The zero-order valence-corrected chi connectivity index (χ0v) is 14.2. The number of fused-ring (bicyclic) bond motifs is 1. The van der Waals surface area contributed by atoms with Crippen molar-refractivity contribution in [2.24, 2.45) is 0 Å². The highest BCUT2D eigenvalue weighted by Gasteiger charge is 2.19. The summed E-state index contributed by atoms with van der Waals surface area (Å²) in [5, 5.41) is 7.01. The molecule has 4 aromatic rings. The minimum absolute atomic E-state index is 0.225. The summed E-state index contributed by atoms with van der Waals surface area (Å²) >= 11 is 1.57. The number of thioether (sulfide) groups is 1. The van der Waals surface area contributed by atoms with Crippen LogP contribution in [0.15, 0.2) is 64.3 Å². The van der Waals surface area contributed by atoms with E-state index in [0.29, 0.717) is 16.9 Å². The van der Waals surface area contributed by atoms with Gasteiger partial charge in [0, 0.05) is 10.5 Å². The molecule has 7 heteroatoms. The molecule has 6 nitrogen and oxygen atoms in total. The van der Waals surface area contributed by atoms with Gasteiger partial charge in [-0.15, -0.1) is 11.8 Å². The summed E-state index contributed by atoms with van der Waals surface area (Å²) < 4.78 is 1.61. The Labute approximate surface area is 147 Å². The van der Waals surface area contributed by atoms with Crippen LogP contribution in [0.5, 0.6) is 0 Å². The van der Waals surface area contributed by atoms with Crippen LogP contribution in [0.4, 0.5) is 5.82 Å². The topological polar surface area (TPSA) is 89.6 Å². The molecule has 0 fully saturated rings. The Balaban J connectivity index is 2.16. The Morgan fingerprint density at radius 2 is 1.80 bits per heavy atom. The molecule has 3 N–H and O–H groups in total. The first kappa shape index (κ1) is 15.5. The molecule has 0 radical (unpaired) electrons. The van der Waals surface area contributed by atoms with Crippen LogP contribution in [0.2, 0.25) is 0 Å². The first-order valence-electron chi connectivity index (χ1n) is 7.66. The maximum atomic E-state index is 13.2. The Hall–Kier alpha value is -3.06. The van der Waals surface area contributed by atoms with Crippen molar-refractivity contribution in [3.05, 3.63) is 65.0 Å². The number of hydrogen-bond donors (Lipinski definition) is 2. The van der Waals surface area contributed by atoms with Gasteiger partial charge in [0.05, 0.1) is 5.69 Å². The van der Waals surface area contributed by atoms with Gasteiger partial charge in [0.1, 0.15) is 17.0 Å². The van der Waals surface area contributed by atoms with E-state index in [1.54, 1.807) is 16.3 Å². The van der Waals surface area contributed by atoms with E-state index in [1.165, 1.54) is 0 Å². The molecule has 0 aliphatic heterocycles. The highest BCUT2D eigenvalue weighted by Crippen LogP contribution is 2.28. The van der Waals surface area contributed by atoms with Gasteiger partial charge in [-0.05, 0) is 18.4 Å². The number of nitrogens with one attached hydrogen (secondary N) is 1. The van der Waals surface area contributed by atoms with Crippen molar-refractivity contribution >= 4 is 28.6 Å². The standard InChI is InChI=1S/C18H15N5OS/c1-25-13-10-6-5-9-12(13)23-17(11-7-3-2-4-8-11)20-16-14(18(23)24)15(19)21-22-16/h2-10H,1H3,(H3,19,21,22). The maximum Gasteiger partial charge on any atom is 0.271 e. The summed E-state index contributed by atoms with van der Waals surface area (Å²) in [7, 11) is 0. The summed E-state index contributed by atoms with van der Waals surface area (Å²) in [5.41, 5.74) is 7.59. The zero-order valence-electron chi connectivity index (χ0n) is 13.4. The molecule has 0 amide bonds. The zero-order chi connectivity index (χ0) is 17.4. The van der Waals surface area contributed by atoms with Crippen molar-refractivity contribution in [3.63, 3.8) is 0 Å². The molecule has 0 saturated heterocycles. The number of para-hydroxylation sites is 1. The number of aromatic nitrogens is 4. The molecule has 0 unspecified atom stereocenters. The second-order valence-corrected chi connectivity index (χ2v) is 6.30. The van der Waals surface area contributed by atoms with E-state index in [0.717, 1.165) is 16.1 Å². The third-order valence-corrected chi connectivity index (χ3v) is 4.76. The van der Waals surface area contributed by atoms with Gasteiger partial charge in [-0.1, -0.05) is 42.5 Å². The third kappa shape index (κ3) is 2.49. The van der Waals surface area contributed by atoms with Crippen LogP contribution in [0.1, 0.15) is 0 Å². The molecule has 0 spiro atoms. The van der Waals surface area contributed by atoms with E-state index in [4.69, 9.17) is 5.73 Å². The van der Waals surface area contributed by atoms with Crippen molar-refractivity contribution < 1.29 is 0 Å². The number of nitrogen functional groups attached to an aromatic ring is 1. The van der Waals surface area contributed by atoms with E-state index in [1.807, 2.05) is 60.9 Å². The van der Waals surface area contributed by atoms with Crippen LogP contribution < -0.4 is 11.3 Å². The Kier molecular flexibility index (Phi) is 3.77. The smallest absolute Gasteiger partial charge is 0.271 e. The minimum Gasteiger partial charge on any atom is -0.383 e. The van der Waals surface area contributed by atoms with Crippen molar-refractivity contribution in [2.75, 3.05) is 12.0 Å². The summed E-state index contributed by atoms with van der Waals surface area (Å²) in [4.78, 5) is 18.8. The number of rotatable bonds is 3. The number of hydrogen-bond acceptors (Lipinski definition) is 5. The fourth-order valence-electron chi connectivity index (χ4n) is 2.81. The molecule has 4 rings (SSSR count). The number of aromatic amines is 1. The number of anilines is 1. The van der Waals surface area contributed by atoms with E-state index < -0.39 is 0 Å². The lowest BCUT2D eigenvalue weighted by Gasteiger charge is -2.15. The Morgan fingerprint density at radius 3 is 2.56 bits per heavy atom. The number of nitrogens with zero attached hydrogens (tertiary/aromatic N) is 3. The maximum absolute atomic E-state index is 13.2. The summed E-state index contributed by atoms with van der Waals surface area (Å²) in [6.07, 6.45) is 1.98. The lowest BCUT2D eigenvalue weighted by Crippen LogP contribution is -2.22. The lowest BCUT2D eigenvalue weighted by molar-refractivity contribution is 0.949. The second-order valence-electron chi connectivity index (χ2n) is 5.45. The van der Waals surface area contributed by atoms with Crippen LogP contribution in [-0.4, -0.2) is 26.0 Å². The van der Waals surface area contributed by atoms with E-state index in [-0.39, 0.29) is 11.4 Å². The predicted octanol–water partition coefficient (Wildman–Crippen LogP) is 3.08. The van der Waals surface area contributed by atoms with Gasteiger partial charge in [-0.25, -0.2) is 4.98 Å². The molecule has 0 saturated carbocycles. The highest BCUT2D eigenvalue weighted by molar-refractivity contribution is 7.98. The van der Waals surface area contributed by atoms with Gasteiger partial charge in [-0.2, -0.15) is 5.10 Å². The monoisotopic (exact) mass is 349 g/mol. The Morgan fingerprint density at radius 1 is 1.08 bits per heavy atom. The number of H-pyrrole nitrogens is 1. The Bertz CT molecular complexity index is 1120. The van der Waals surface area contributed by atoms with Gasteiger partial charge in [-0.3, -0.25) is 14.5 Å². The molecule has 2 aromatic carbocycles. The van der Waals surface area contributed by atoms with Gasteiger partial charge in [0.15, 0.2) is 5.65 Å². The highest BCUT2D eigenvalue weighted by atomic mass is 32.2. The second kappa shape index (κ2) is 6.10. The van der Waals surface area contributed by atoms with E-state index in [2.05, 4.69) is 15.2 Å². The molecule has 0 atom stereocenters. The predicted molar refractivity (Wildman–Crippen MR) is 101 cm³/mol. The van der Waals surface area contributed by atoms with Crippen molar-refractivity contribution in [2.45, 2.75) is 4.90 Å². The van der Waals surface area contributed by atoms with Crippen LogP contribution in [0.3, 0.4) is 0 Å². The van der Waals surface area contributed by atoms with Gasteiger partial charge in [0.2, 0.25) is 0 Å². The quantitative estimate of drug-likeness (QED) is 0.555. The summed E-state index contributed by atoms with van der Waals surface area (Å²) in [5.74, 6) is 0.758. The van der Waals surface area contributed by atoms with Crippen LogP contribution in [0, 0.1) is 0 Å². The summed E-state index contributed by atoms with van der Waals surface area (Å²) in [6.45, 7) is 0. The van der Waals surface area contributed by atoms with E-state index >= 15 is 0 Å². The van der Waals surface area contributed by atoms with Gasteiger partial charge >= 0.3 is 0 Å². The van der Waals surface area contributed by atoms with Crippen molar-refractivity contribution in [3.8, 4) is 17.1 Å². The third-order valence-electron chi connectivity index (χ3n) is 3.97.